The van der Waals surface area contributed by atoms with Gasteiger partial charge in [-0.05, 0) is 17.9 Å². The van der Waals surface area contributed by atoms with Gasteiger partial charge in [-0.15, -0.1) is 0 Å². The Kier molecular flexibility index (Phi) is 7.95. The highest BCUT2D eigenvalue weighted by Gasteiger charge is 2.25. The standard InChI is InChI=1S/C18H26N2O4/c1-13(2)12-15(21)19-17(14-8-5-4-6-9-14)18(24)20(3)11-7-10-16(22)23/h4-6,8-9,13,17H,7,10-12H2,1-3H3,(H,19,21)(H,22,23). The van der Waals surface area contributed by atoms with Gasteiger partial charge < -0.3 is 15.3 Å². The summed E-state index contributed by atoms with van der Waals surface area (Å²) in [5.41, 5.74) is 0.713. The third-order valence-electron chi connectivity index (χ3n) is 3.54. The van der Waals surface area contributed by atoms with Crippen LogP contribution in [-0.4, -0.2) is 41.4 Å². The van der Waals surface area contributed by atoms with Gasteiger partial charge in [-0.25, -0.2) is 0 Å². The van der Waals surface area contributed by atoms with Crippen LogP contribution in [0, 0.1) is 5.92 Å². The van der Waals surface area contributed by atoms with Crippen LogP contribution in [0.5, 0.6) is 0 Å². The zero-order valence-electron chi connectivity index (χ0n) is 14.5. The molecule has 0 aliphatic heterocycles. The van der Waals surface area contributed by atoms with Gasteiger partial charge in [0.15, 0.2) is 0 Å². The highest BCUT2D eigenvalue weighted by Crippen LogP contribution is 2.16. The summed E-state index contributed by atoms with van der Waals surface area (Å²) in [5.74, 6) is -1.11. The fourth-order valence-electron chi connectivity index (χ4n) is 2.32. The van der Waals surface area contributed by atoms with Crippen LogP contribution >= 0.6 is 0 Å². The zero-order valence-corrected chi connectivity index (χ0v) is 14.5. The molecule has 0 aliphatic carbocycles. The summed E-state index contributed by atoms with van der Waals surface area (Å²) in [6.07, 6.45) is 0.728. The third kappa shape index (κ3) is 6.81. The lowest BCUT2D eigenvalue weighted by Crippen LogP contribution is -2.42. The number of carbonyl (C=O) groups is 3. The second kappa shape index (κ2) is 9.70. The number of carboxylic acid groups (broad SMARTS) is 1. The predicted molar refractivity (Wildman–Crippen MR) is 91.3 cm³/mol. The summed E-state index contributed by atoms with van der Waals surface area (Å²) in [6, 6.07) is 8.31. The summed E-state index contributed by atoms with van der Waals surface area (Å²) in [5, 5.41) is 11.5. The Hall–Kier alpha value is -2.37. The number of nitrogens with zero attached hydrogens (tertiary/aromatic N) is 1. The molecule has 0 saturated heterocycles. The first kappa shape index (κ1) is 19.7. The molecule has 0 heterocycles. The SMILES string of the molecule is CC(C)CC(=O)NC(C(=O)N(C)CCCC(=O)O)c1ccccc1. The van der Waals surface area contributed by atoms with Crippen molar-refractivity contribution in [3.05, 3.63) is 35.9 Å². The van der Waals surface area contributed by atoms with Crippen molar-refractivity contribution < 1.29 is 19.5 Å². The molecule has 132 valence electrons. The molecule has 1 unspecified atom stereocenters. The van der Waals surface area contributed by atoms with Crippen molar-refractivity contribution >= 4 is 17.8 Å². The number of nitrogens with one attached hydrogen (secondary N) is 1. The van der Waals surface area contributed by atoms with Crippen molar-refractivity contribution in [1.29, 1.82) is 0 Å². The Bertz CT molecular complexity index is 557. The minimum Gasteiger partial charge on any atom is -0.481 e. The molecule has 6 heteroatoms. The average molecular weight is 334 g/mol. The van der Waals surface area contributed by atoms with Crippen LogP contribution in [0.25, 0.3) is 0 Å². The quantitative estimate of drug-likeness (QED) is 0.725. The normalized spacial score (nSPS) is 11.8. The molecule has 0 bridgehead atoms. The number of carbonyl (C=O) groups excluding carboxylic acids is 2. The van der Waals surface area contributed by atoms with E-state index in [0.29, 0.717) is 24.9 Å². The molecule has 1 atom stereocenters. The van der Waals surface area contributed by atoms with Gasteiger partial charge in [0.25, 0.3) is 0 Å². The molecule has 24 heavy (non-hydrogen) atoms. The van der Waals surface area contributed by atoms with Crippen LogP contribution in [0.15, 0.2) is 30.3 Å². The van der Waals surface area contributed by atoms with Gasteiger partial charge in [0, 0.05) is 26.4 Å². The maximum absolute atomic E-state index is 12.7. The molecule has 6 nitrogen and oxygen atoms in total. The Balaban J connectivity index is 2.82. The molecule has 2 N–H and O–H groups in total. The number of benzene rings is 1. The topological polar surface area (TPSA) is 86.7 Å². The van der Waals surface area contributed by atoms with Gasteiger partial charge in [0.2, 0.25) is 11.8 Å². The third-order valence-corrected chi connectivity index (χ3v) is 3.54. The minimum absolute atomic E-state index is 0.00727. The van der Waals surface area contributed by atoms with Crippen molar-refractivity contribution in [2.45, 2.75) is 39.2 Å². The molecular weight excluding hydrogens is 308 g/mol. The van der Waals surface area contributed by atoms with Crippen molar-refractivity contribution in [2.75, 3.05) is 13.6 Å². The Morgan fingerprint density at radius 1 is 1.17 bits per heavy atom. The van der Waals surface area contributed by atoms with Crippen LogP contribution in [-0.2, 0) is 14.4 Å². The van der Waals surface area contributed by atoms with Crippen molar-refractivity contribution in [3.8, 4) is 0 Å². The van der Waals surface area contributed by atoms with E-state index in [0.717, 1.165) is 0 Å². The number of aliphatic carboxylic acids is 1. The number of likely N-dealkylation sites (N-methyl/N-ethyl adjacent to an activating group) is 1. The van der Waals surface area contributed by atoms with Crippen LogP contribution in [0.4, 0.5) is 0 Å². The van der Waals surface area contributed by atoms with Gasteiger partial charge >= 0.3 is 5.97 Å². The predicted octanol–water partition coefficient (Wildman–Crippen LogP) is 2.21. The Labute approximate surface area is 142 Å². The Morgan fingerprint density at radius 3 is 2.33 bits per heavy atom. The number of hydrogen-bond acceptors (Lipinski definition) is 3. The molecule has 2 amide bonds. The van der Waals surface area contributed by atoms with E-state index in [1.807, 2.05) is 32.0 Å². The molecule has 1 rings (SSSR count). The van der Waals surface area contributed by atoms with Crippen molar-refractivity contribution in [2.24, 2.45) is 5.92 Å². The van der Waals surface area contributed by atoms with Crippen LogP contribution in [0.3, 0.4) is 0 Å². The monoisotopic (exact) mass is 334 g/mol. The van der Waals surface area contributed by atoms with E-state index in [1.165, 1.54) is 4.90 Å². The molecule has 0 radical (unpaired) electrons. The van der Waals surface area contributed by atoms with Gasteiger partial charge in [0.05, 0.1) is 0 Å². The van der Waals surface area contributed by atoms with Crippen molar-refractivity contribution in [1.82, 2.24) is 10.2 Å². The van der Waals surface area contributed by atoms with Crippen LogP contribution in [0.1, 0.15) is 44.7 Å². The number of hydrogen-bond donors (Lipinski definition) is 2. The van der Waals surface area contributed by atoms with Gasteiger partial charge in [0.1, 0.15) is 6.04 Å². The molecule has 0 spiro atoms. The van der Waals surface area contributed by atoms with Gasteiger partial charge in [-0.3, -0.25) is 14.4 Å². The van der Waals surface area contributed by atoms with E-state index in [4.69, 9.17) is 5.11 Å². The smallest absolute Gasteiger partial charge is 0.303 e. The second-order valence-electron chi connectivity index (χ2n) is 6.27. The van der Waals surface area contributed by atoms with E-state index in [9.17, 15) is 14.4 Å². The number of carboxylic acids is 1. The summed E-state index contributed by atoms with van der Waals surface area (Å²) < 4.78 is 0. The first-order valence-corrected chi connectivity index (χ1v) is 8.12. The fraction of sp³-hybridized carbons (Fsp3) is 0.500. The average Bonchev–Trinajstić information content (AvgIpc) is 2.51. The first-order chi connectivity index (χ1) is 11.3. The second-order valence-corrected chi connectivity index (χ2v) is 6.27. The van der Waals surface area contributed by atoms with Crippen molar-refractivity contribution in [3.63, 3.8) is 0 Å². The first-order valence-electron chi connectivity index (χ1n) is 8.12. The molecule has 0 fully saturated rings. The lowest BCUT2D eigenvalue weighted by atomic mass is 10.0. The molecule has 0 aliphatic rings. The highest BCUT2D eigenvalue weighted by atomic mass is 16.4. The zero-order chi connectivity index (χ0) is 18.1. The molecular formula is C18H26N2O4. The molecule has 0 saturated carbocycles. The number of rotatable bonds is 9. The summed E-state index contributed by atoms with van der Waals surface area (Å²) in [4.78, 5) is 36.9. The van der Waals surface area contributed by atoms with E-state index < -0.39 is 12.0 Å². The highest BCUT2D eigenvalue weighted by molar-refractivity contribution is 5.88. The van der Waals surface area contributed by atoms with E-state index in [-0.39, 0.29) is 24.2 Å². The van der Waals surface area contributed by atoms with E-state index >= 15 is 0 Å². The Morgan fingerprint density at radius 2 is 1.79 bits per heavy atom. The van der Waals surface area contributed by atoms with Gasteiger partial charge in [-0.1, -0.05) is 44.2 Å². The lowest BCUT2D eigenvalue weighted by molar-refractivity contribution is -0.138. The summed E-state index contributed by atoms with van der Waals surface area (Å²) in [7, 11) is 1.62. The lowest BCUT2D eigenvalue weighted by Gasteiger charge is -2.25. The minimum atomic E-state index is -0.888. The fourth-order valence-corrected chi connectivity index (χ4v) is 2.32. The van der Waals surface area contributed by atoms with E-state index in [2.05, 4.69) is 5.32 Å². The van der Waals surface area contributed by atoms with Gasteiger partial charge in [-0.2, -0.15) is 0 Å². The maximum Gasteiger partial charge on any atom is 0.303 e. The molecule has 1 aromatic rings. The summed E-state index contributed by atoms with van der Waals surface area (Å²) >= 11 is 0. The van der Waals surface area contributed by atoms with E-state index in [1.54, 1.807) is 19.2 Å². The van der Waals surface area contributed by atoms with Crippen LogP contribution < -0.4 is 5.32 Å². The maximum atomic E-state index is 12.7. The molecule has 1 aromatic carbocycles. The molecule has 0 aromatic heterocycles. The van der Waals surface area contributed by atoms with Crippen LogP contribution in [0.2, 0.25) is 0 Å². The summed E-state index contributed by atoms with van der Waals surface area (Å²) in [6.45, 7) is 4.21. The number of amides is 2. The largest absolute Gasteiger partial charge is 0.481 e.